The number of oxazole rings is 1. The first-order valence-electron chi connectivity index (χ1n) is 10.9. The van der Waals surface area contributed by atoms with Crippen LogP contribution in [0.25, 0.3) is 11.1 Å². The van der Waals surface area contributed by atoms with Crippen molar-refractivity contribution in [2.75, 3.05) is 13.1 Å². The van der Waals surface area contributed by atoms with Gasteiger partial charge in [-0.2, -0.15) is 0 Å². The van der Waals surface area contributed by atoms with Gasteiger partial charge in [0.05, 0.1) is 6.10 Å². The Kier molecular flexibility index (Phi) is 8.17. The van der Waals surface area contributed by atoms with Gasteiger partial charge in [-0.1, -0.05) is 30.3 Å². The van der Waals surface area contributed by atoms with Gasteiger partial charge in [0.15, 0.2) is 5.58 Å². The fraction of sp³-hybridized carbons (Fsp3) is 0.458. The Morgan fingerprint density at radius 1 is 1.06 bits per heavy atom. The third-order valence-corrected chi connectivity index (χ3v) is 5.82. The Morgan fingerprint density at radius 3 is 2.48 bits per heavy atom. The van der Waals surface area contributed by atoms with Gasteiger partial charge in [0.1, 0.15) is 11.6 Å². The highest BCUT2D eigenvalue weighted by atomic mass is 16.4. The number of nitrogens with two attached hydrogens (primary N) is 2. The molecule has 0 amide bonds. The molecular weight excluding hydrogens is 392 g/mol. The number of aryl methyl sites for hydroxylation is 3. The van der Waals surface area contributed by atoms with E-state index in [1.807, 2.05) is 44.2 Å². The van der Waals surface area contributed by atoms with Crippen LogP contribution in [0.5, 0.6) is 0 Å². The molecule has 0 spiro atoms. The molecule has 2 unspecified atom stereocenters. The largest absolute Gasteiger partial charge is 0.438 e. The number of rotatable bonds is 11. The standard InChI is InChI=1S/C24H34N4O3/c1-15-12-20-22(13-16(15)2)31-24(28-20)23(30)19(9-8-17-6-4-3-5-7-17)27-14-21(29)18(26)10-11-25/h3-7,12-13,18-19,21,23,27,29-30H,8-11,14,25-26H2,1-2H3/t18-,19-,21?,23?/m1/s1. The van der Waals surface area contributed by atoms with E-state index in [0.29, 0.717) is 25.0 Å². The van der Waals surface area contributed by atoms with E-state index in [1.54, 1.807) is 0 Å². The summed E-state index contributed by atoms with van der Waals surface area (Å²) >= 11 is 0. The van der Waals surface area contributed by atoms with Crippen molar-refractivity contribution in [1.82, 2.24) is 10.3 Å². The van der Waals surface area contributed by atoms with Crippen molar-refractivity contribution < 1.29 is 14.6 Å². The monoisotopic (exact) mass is 426 g/mol. The van der Waals surface area contributed by atoms with Crippen LogP contribution in [0, 0.1) is 13.8 Å². The zero-order valence-electron chi connectivity index (χ0n) is 18.3. The molecule has 0 fully saturated rings. The third kappa shape index (κ3) is 6.12. The molecule has 2 aromatic carbocycles. The molecule has 7 heteroatoms. The SMILES string of the molecule is Cc1cc2nc(C(O)[C@@H](CCc3ccccc3)NCC(O)[C@H](N)CCN)oc2cc1C. The molecule has 0 saturated heterocycles. The first kappa shape index (κ1) is 23.4. The molecule has 7 nitrogen and oxygen atoms in total. The Bertz CT molecular complexity index is 921. The normalized spacial score (nSPS) is 15.7. The predicted octanol–water partition coefficient (Wildman–Crippen LogP) is 2.11. The lowest BCUT2D eigenvalue weighted by Gasteiger charge is -2.26. The Labute approximate surface area is 183 Å². The molecule has 3 aromatic rings. The van der Waals surface area contributed by atoms with Crippen molar-refractivity contribution in [3.63, 3.8) is 0 Å². The summed E-state index contributed by atoms with van der Waals surface area (Å²) in [4.78, 5) is 4.52. The molecule has 7 N–H and O–H groups in total. The molecule has 4 atom stereocenters. The van der Waals surface area contributed by atoms with Crippen molar-refractivity contribution in [3.8, 4) is 0 Å². The molecule has 1 aromatic heterocycles. The van der Waals surface area contributed by atoms with E-state index >= 15 is 0 Å². The maximum absolute atomic E-state index is 11.1. The van der Waals surface area contributed by atoms with Crippen LogP contribution in [0.15, 0.2) is 46.9 Å². The van der Waals surface area contributed by atoms with Crippen LogP contribution in [-0.4, -0.2) is 46.5 Å². The van der Waals surface area contributed by atoms with Crippen LogP contribution in [0.3, 0.4) is 0 Å². The van der Waals surface area contributed by atoms with Crippen LogP contribution in [0.2, 0.25) is 0 Å². The van der Waals surface area contributed by atoms with Crippen molar-refractivity contribution >= 4 is 11.1 Å². The lowest BCUT2D eigenvalue weighted by Crippen LogP contribution is -2.47. The van der Waals surface area contributed by atoms with Crippen LogP contribution in [0.1, 0.15) is 41.5 Å². The average Bonchev–Trinajstić information content (AvgIpc) is 3.17. The number of benzene rings is 2. The highest BCUT2D eigenvalue weighted by Gasteiger charge is 2.27. The summed E-state index contributed by atoms with van der Waals surface area (Å²) in [5, 5.41) is 24.7. The van der Waals surface area contributed by atoms with Crippen molar-refractivity contribution in [3.05, 3.63) is 65.0 Å². The second-order valence-electron chi connectivity index (χ2n) is 8.25. The number of nitrogens with zero attached hydrogens (tertiary/aromatic N) is 1. The first-order chi connectivity index (χ1) is 14.9. The predicted molar refractivity (Wildman–Crippen MR) is 123 cm³/mol. The van der Waals surface area contributed by atoms with Crippen LogP contribution < -0.4 is 16.8 Å². The second kappa shape index (κ2) is 10.8. The van der Waals surface area contributed by atoms with Gasteiger partial charge in [0.2, 0.25) is 5.89 Å². The van der Waals surface area contributed by atoms with Crippen LogP contribution in [0.4, 0.5) is 0 Å². The molecule has 1 heterocycles. The molecule has 0 bridgehead atoms. The summed E-state index contributed by atoms with van der Waals surface area (Å²) in [6, 6.07) is 13.2. The minimum Gasteiger partial charge on any atom is -0.438 e. The second-order valence-corrected chi connectivity index (χ2v) is 8.25. The van der Waals surface area contributed by atoms with E-state index in [4.69, 9.17) is 15.9 Å². The molecule has 3 rings (SSSR count). The number of hydrogen-bond acceptors (Lipinski definition) is 7. The number of fused-ring (bicyclic) bond motifs is 1. The molecule has 168 valence electrons. The molecular formula is C24H34N4O3. The molecule has 0 saturated carbocycles. The number of nitrogens with one attached hydrogen (secondary N) is 1. The number of aromatic nitrogens is 1. The zero-order valence-corrected chi connectivity index (χ0v) is 18.3. The lowest BCUT2D eigenvalue weighted by molar-refractivity contribution is 0.0800. The number of aliphatic hydroxyl groups is 2. The summed E-state index contributed by atoms with van der Waals surface area (Å²) < 4.78 is 5.89. The van der Waals surface area contributed by atoms with Crippen molar-refractivity contribution in [1.29, 1.82) is 0 Å². The smallest absolute Gasteiger partial charge is 0.225 e. The molecule has 31 heavy (non-hydrogen) atoms. The van der Waals surface area contributed by atoms with Crippen LogP contribution >= 0.6 is 0 Å². The fourth-order valence-corrected chi connectivity index (χ4v) is 3.64. The lowest BCUT2D eigenvalue weighted by atomic mass is 10.00. The summed E-state index contributed by atoms with van der Waals surface area (Å²) in [5.74, 6) is 0.270. The van der Waals surface area contributed by atoms with Gasteiger partial charge < -0.3 is 31.4 Å². The summed E-state index contributed by atoms with van der Waals surface area (Å²) in [6.07, 6.45) is 0.211. The molecule has 0 aliphatic carbocycles. The van der Waals surface area contributed by atoms with Gasteiger partial charge >= 0.3 is 0 Å². The Balaban J connectivity index is 1.76. The van der Waals surface area contributed by atoms with E-state index in [2.05, 4.69) is 22.4 Å². The van der Waals surface area contributed by atoms with Crippen molar-refractivity contribution in [2.24, 2.45) is 11.5 Å². The topological polar surface area (TPSA) is 131 Å². The van der Waals surface area contributed by atoms with Gasteiger partial charge in [-0.25, -0.2) is 4.98 Å². The first-order valence-corrected chi connectivity index (χ1v) is 10.9. The molecule has 0 radical (unpaired) electrons. The molecule has 0 aliphatic heterocycles. The Morgan fingerprint density at radius 2 is 1.77 bits per heavy atom. The Hall–Kier alpha value is -2.29. The van der Waals surface area contributed by atoms with Gasteiger partial charge in [0.25, 0.3) is 0 Å². The zero-order chi connectivity index (χ0) is 22.4. The minimum absolute atomic E-state index is 0.246. The maximum atomic E-state index is 11.1. The third-order valence-electron chi connectivity index (χ3n) is 5.82. The van der Waals surface area contributed by atoms with Gasteiger partial charge in [-0.3, -0.25) is 0 Å². The number of hydrogen-bond donors (Lipinski definition) is 5. The molecule has 0 aliphatic rings. The maximum Gasteiger partial charge on any atom is 0.225 e. The minimum atomic E-state index is -0.963. The van der Waals surface area contributed by atoms with E-state index in [1.165, 1.54) is 5.56 Å². The van der Waals surface area contributed by atoms with Gasteiger partial charge in [-0.05, 0) is 68.5 Å². The van der Waals surface area contributed by atoms with Gasteiger partial charge in [-0.15, -0.1) is 0 Å². The van der Waals surface area contributed by atoms with E-state index < -0.39 is 18.2 Å². The fourth-order valence-electron chi connectivity index (χ4n) is 3.64. The highest BCUT2D eigenvalue weighted by molar-refractivity contribution is 5.74. The summed E-state index contributed by atoms with van der Waals surface area (Å²) in [5.41, 5.74) is 16.3. The average molecular weight is 427 g/mol. The van der Waals surface area contributed by atoms with Crippen LogP contribution in [-0.2, 0) is 6.42 Å². The van der Waals surface area contributed by atoms with Gasteiger partial charge in [0, 0.05) is 18.6 Å². The van der Waals surface area contributed by atoms with E-state index in [9.17, 15) is 10.2 Å². The summed E-state index contributed by atoms with van der Waals surface area (Å²) in [6.45, 7) is 4.70. The quantitative estimate of drug-likeness (QED) is 0.317. The van der Waals surface area contributed by atoms with E-state index in [-0.39, 0.29) is 18.5 Å². The summed E-state index contributed by atoms with van der Waals surface area (Å²) in [7, 11) is 0. The number of aliphatic hydroxyl groups excluding tert-OH is 2. The highest BCUT2D eigenvalue weighted by Crippen LogP contribution is 2.26. The van der Waals surface area contributed by atoms with Crippen molar-refractivity contribution in [2.45, 2.75) is 57.4 Å². The van der Waals surface area contributed by atoms with E-state index in [0.717, 1.165) is 23.1 Å².